The van der Waals surface area contributed by atoms with Gasteiger partial charge in [0.2, 0.25) is 0 Å². The highest BCUT2D eigenvalue weighted by Gasteiger charge is 2.08. The lowest BCUT2D eigenvalue weighted by atomic mass is 10.0. The molecule has 0 unspecified atom stereocenters. The van der Waals surface area contributed by atoms with Gasteiger partial charge < -0.3 is 10.2 Å². The first-order chi connectivity index (χ1) is 9.74. The van der Waals surface area contributed by atoms with Crippen LogP contribution in [-0.2, 0) is 0 Å². The van der Waals surface area contributed by atoms with E-state index in [9.17, 15) is 0 Å². The van der Waals surface area contributed by atoms with Crippen LogP contribution >= 0.6 is 0 Å². The standard InChI is InChI=1S/C17H10N2O/c18-9-10-1-2-11-6-14-15-8-13(19)3-4-16(15)20-17(14)7-12(11)5-10/h1-8H,19H2. The van der Waals surface area contributed by atoms with Gasteiger partial charge in [-0.2, -0.15) is 5.26 Å². The van der Waals surface area contributed by atoms with E-state index in [2.05, 4.69) is 12.1 Å². The summed E-state index contributed by atoms with van der Waals surface area (Å²) >= 11 is 0. The molecule has 0 saturated carbocycles. The first kappa shape index (κ1) is 10.9. The van der Waals surface area contributed by atoms with Crippen LogP contribution in [-0.4, -0.2) is 0 Å². The maximum atomic E-state index is 8.97. The van der Waals surface area contributed by atoms with E-state index in [0.717, 1.165) is 38.4 Å². The SMILES string of the molecule is N#Cc1ccc2cc3c(cc2c1)oc1ccc(N)cc13. The second-order valence-corrected chi connectivity index (χ2v) is 4.88. The first-order valence-electron chi connectivity index (χ1n) is 6.30. The van der Waals surface area contributed by atoms with Gasteiger partial charge in [-0.15, -0.1) is 0 Å². The second-order valence-electron chi connectivity index (χ2n) is 4.88. The predicted molar refractivity (Wildman–Crippen MR) is 80.4 cm³/mol. The van der Waals surface area contributed by atoms with Crippen LogP contribution in [0.25, 0.3) is 32.7 Å². The van der Waals surface area contributed by atoms with Crippen LogP contribution in [0.5, 0.6) is 0 Å². The Bertz CT molecular complexity index is 1020. The third-order valence-electron chi connectivity index (χ3n) is 3.58. The third kappa shape index (κ3) is 1.45. The number of furan rings is 1. The Morgan fingerprint density at radius 2 is 1.70 bits per heavy atom. The number of nitrogens with zero attached hydrogens (tertiary/aromatic N) is 1. The van der Waals surface area contributed by atoms with Crippen molar-refractivity contribution in [3.63, 3.8) is 0 Å². The number of hydrogen-bond acceptors (Lipinski definition) is 3. The molecule has 0 saturated heterocycles. The Balaban J connectivity index is 2.16. The Morgan fingerprint density at radius 3 is 2.55 bits per heavy atom. The number of rotatable bonds is 0. The summed E-state index contributed by atoms with van der Waals surface area (Å²) in [4.78, 5) is 0. The van der Waals surface area contributed by atoms with Crippen molar-refractivity contribution in [1.29, 1.82) is 5.26 Å². The molecular formula is C17H10N2O. The van der Waals surface area contributed by atoms with E-state index in [-0.39, 0.29) is 0 Å². The summed E-state index contributed by atoms with van der Waals surface area (Å²) in [5.74, 6) is 0. The molecule has 1 aromatic heterocycles. The fourth-order valence-electron chi connectivity index (χ4n) is 2.61. The van der Waals surface area contributed by atoms with Crippen molar-refractivity contribution < 1.29 is 4.42 Å². The van der Waals surface area contributed by atoms with Gasteiger partial charge in [0.25, 0.3) is 0 Å². The van der Waals surface area contributed by atoms with Crippen molar-refractivity contribution in [2.24, 2.45) is 0 Å². The van der Waals surface area contributed by atoms with Gasteiger partial charge in [-0.1, -0.05) is 6.07 Å². The average molecular weight is 258 g/mol. The van der Waals surface area contributed by atoms with E-state index in [1.165, 1.54) is 0 Å². The Morgan fingerprint density at radius 1 is 0.850 bits per heavy atom. The molecule has 1 heterocycles. The maximum absolute atomic E-state index is 8.97. The molecule has 94 valence electrons. The molecule has 3 aromatic carbocycles. The molecule has 3 nitrogen and oxygen atoms in total. The van der Waals surface area contributed by atoms with Crippen molar-refractivity contribution in [2.45, 2.75) is 0 Å². The maximum Gasteiger partial charge on any atom is 0.136 e. The minimum atomic E-state index is 0.650. The zero-order valence-electron chi connectivity index (χ0n) is 10.6. The summed E-state index contributed by atoms with van der Waals surface area (Å²) in [5, 5.41) is 13.1. The van der Waals surface area contributed by atoms with Crippen LogP contribution in [0.3, 0.4) is 0 Å². The van der Waals surface area contributed by atoms with Gasteiger partial charge in [0.15, 0.2) is 0 Å². The van der Waals surface area contributed by atoms with Crippen molar-refractivity contribution in [3.05, 3.63) is 54.1 Å². The normalized spacial score (nSPS) is 11.2. The van der Waals surface area contributed by atoms with Gasteiger partial charge in [-0.05, 0) is 53.2 Å². The molecule has 0 aliphatic heterocycles. The number of fused-ring (bicyclic) bond motifs is 4. The summed E-state index contributed by atoms with van der Waals surface area (Å²) in [6, 6.07) is 17.5. The average Bonchev–Trinajstić information content (AvgIpc) is 2.81. The Hall–Kier alpha value is -2.99. The number of benzene rings is 3. The molecule has 3 heteroatoms. The zero-order chi connectivity index (χ0) is 13.7. The van der Waals surface area contributed by atoms with E-state index >= 15 is 0 Å². The van der Waals surface area contributed by atoms with Gasteiger partial charge in [0, 0.05) is 16.5 Å². The molecule has 4 rings (SSSR count). The van der Waals surface area contributed by atoms with Gasteiger partial charge in [0.1, 0.15) is 11.2 Å². The quantitative estimate of drug-likeness (QED) is 0.481. The fourth-order valence-corrected chi connectivity index (χ4v) is 2.61. The lowest BCUT2D eigenvalue weighted by Crippen LogP contribution is -1.81. The smallest absolute Gasteiger partial charge is 0.136 e. The molecule has 0 radical (unpaired) electrons. The predicted octanol–water partition coefficient (Wildman–Crippen LogP) is 4.19. The zero-order valence-corrected chi connectivity index (χ0v) is 10.6. The molecule has 0 aliphatic rings. The van der Waals surface area contributed by atoms with Crippen LogP contribution < -0.4 is 5.73 Å². The Labute approximate surface area is 114 Å². The van der Waals surface area contributed by atoms with Gasteiger partial charge >= 0.3 is 0 Å². The third-order valence-corrected chi connectivity index (χ3v) is 3.58. The van der Waals surface area contributed by atoms with Crippen LogP contribution in [0.15, 0.2) is 52.9 Å². The van der Waals surface area contributed by atoms with Crippen LogP contribution in [0.1, 0.15) is 5.56 Å². The minimum Gasteiger partial charge on any atom is -0.456 e. The summed E-state index contributed by atoms with van der Waals surface area (Å²) < 4.78 is 5.85. The molecule has 0 fully saturated rings. The highest BCUT2D eigenvalue weighted by molar-refractivity contribution is 6.10. The number of nitrogen functional groups attached to an aromatic ring is 1. The van der Waals surface area contributed by atoms with Crippen molar-refractivity contribution in [2.75, 3.05) is 5.73 Å². The summed E-state index contributed by atoms with van der Waals surface area (Å²) in [6.45, 7) is 0. The van der Waals surface area contributed by atoms with E-state index in [4.69, 9.17) is 15.4 Å². The Kier molecular flexibility index (Phi) is 2.04. The molecule has 2 N–H and O–H groups in total. The number of nitriles is 1. The van der Waals surface area contributed by atoms with E-state index in [1.807, 2.05) is 42.5 Å². The topological polar surface area (TPSA) is 63.0 Å². The van der Waals surface area contributed by atoms with Crippen molar-refractivity contribution >= 4 is 38.4 Å². The van der Waals surface area contributed by atoms with E-state index < -0.39 is 0 Å². The molecular weight excluding hydrogens is 248 g/mol. The largest absolute Gasteiger partial charge is 0.456 e. The van der Waals surface area contributed by atoms with Gasteiger partial charge in [-0.3, -0.25) is 0 Å². The highest BCUT2D eigenvalue weighted by Crippen LogP contribution is 2.33. The van der Waals surface area contributed by atoms with Crippen LogP contribution in [0.4, 0.5) is 5.69 Å². The van der Waals surface area contributed by atoms with E-state index in [0.29, 0.717) is 5.56 Å². The second kappa shape index (κ2) is 3.75. The van der Waals surface area contributed by atoms with Gasteiger partial charge in [0.05, 0.1) is 11.6 Å². The molecule has 0 spiro atoms. The summed E-state index contributed by atoms with van der Waals surface area (Å²) in [6.07, 6.45) is 0. The molecule has 20 heavy (non-hydrogen) atoms. The first-order valence-corrected chi connectivity index (χ1v) is 6.30. The molecule has 0 aliphatic carbocycles. The molecule has 4 aromatic rings. The monoisotopic (exact) mass is 258 g/mol. The van der Waals surface area contributed by atoms with Crippen LogP contribution in [0, 0.1) is 11.3 Å². The molecule has 0 atom stereocenters. The van der Waals surface area contributed by atoms with E-state index in [1.54, 1.807) is 0 Å². The van der Waals surface area contributed by atoms with Crippen molar-refractivity contribution in [1.82, 2.24) is 0 Å². The summed E-state index contributed by atoms with van der Waals surface area (Å²) in [7, 11) is 0. The number of nitrogens with two attached hydrogens (primary N) is 1. The highest BCUT2D eigenvalue weighted by atomic mass is 16.3. The number of anilines is 1. The van der Waals surface area contributed by atoms with Gasteiger partial charge in [-0.25, -0.2) is 0 Å². The van der Waals surface area contributed by atoms with Crippen molar-refractivity contribution in [3.8, 4) is 6.07 Å². The lowest BCUT2D eigenvalue weighted by molar-refractivity contribution is 0.669. The fraction of sp³-hybridized carbons (Fsp3) is 0. The number of hydrogen-bond donors (Lipinski definition) is 1. The molecule has 0 amide bonds. The molecule has 0 bridgehead atoms. The van der Waals surface area contributed by atoms with Crippen LogP contribution in [0.2, 0.25) is 0 Å². The minimum absolute atomic E-state index is 0.650. The summed E-state index contributed by atoms with van der Waals surface area (Å²) in [5.41, 5.74) is 8.86. The lowest BCUT2D eigenvalue weighted by Gasteiger charge is -1.98.